The minimum Gasteiger partial charge on any atom is -0.480 e. The molecule has 0 radical (unpaired) electrons. The van der Waals surface area contributed by atoms with Crippen LogP contribution in [0.3, 0.4) is 0 Å². The van der Waals surface area contributed by atoms with Crippen molar-refractivity contribution in [2.24, 2.45) is 5.84 Å². The fourth-order valence-electron chi connectivity index (χ4n) is 2.54. The number of rotatable bonds is 5. The zero-order valence-corrected chi connectivity index (χ0v) is 12.9. The second-order valence-corrected chi connectivity index (χ2v) is 7.19. The maximum atomic E-state index is 12.3. The van der Waals surface area contributed by atoms with Gasteiger partial charge in [-0.15, -0.1) is 0 Å². The van der Waals surface area contributed by atoms with Gasteiger partial charge in [-0.05, 0) is 12.8 Å². The summed E-state index contributed by atoms with van der Waals surface area (Å²) in [4.78, 5) is 8.34. The molecule has 3 N–H and O–H groups in total. The zero-order valence-electron chi connectivity index (χ0n) is 12.1. The van der Waals surface area contributed by atoms with Gasteiger partial charge in [-0.2, -0.15) is 4.98 Å². The van der Waals surface area contributed by atoms with Crippen LogP contribution in [0.2, 0.25) is 0 Å². The normalized spacial score (nSPS) is 22.5. The van der Waals surface area contributed by atoms with E-state index in [9.17, 15) is 8.42 Å². The summed E-state index contributed by atoms with van der Waals surface area (Å²) in [5.74, 6) is 6.25. The van der Waals surface area contributed by atoms with Gasteiger partial charge >= 0.3 is 0 Å². The maximum absolute atomic E-state index is 12.3. The van der Waals surface area contributed by atoms with E-state index in [0.717, 1.165) is 6.42 Å². The first-order valence-electron chi connectivity index (χ1n) is 6.66. The number of hydrazine groups is 1. The molecule has 0 bridgehead atoms. The van der Waals surface area contributed by atoms with Gasteiger partial charge in [0.1, 0.15) is 5.69 Å². The third kappa shape index (κ3) is 3.25. The predicted octanol–water partition coefficient (Wildman–Crippen LogP) is -0.0345. The van der Waals surface area contributed by atoms with Gasteiger partial charge in [0.2, 0.25) is 11.8 Å². The minimum atomic E-state index is -3.22. The van der Waals surface area contributed by atoms with Crippen molar-refractivity contribution in [1.29, 1.82) is 0 Å². The van der Waals surface area contributed by atoms with Crippen LogP contribution in [0.15, 0.2) is 6.20 Å². The molecule has 8 nitrogen and oxygen atoms in total. The molecular formula is C12H20N4O4S. The van der Waals surface area contributed by atoms with E-state index in [1.807, 2.05) is 0 Å². The number of aromatic nitrogens is 2. The Hall–Kier alpha value is -1.45. The second kappa shape index (κ2) is 6.54. The van der Waals surface area contributed by atoms with Crippen molar-refractivity contribution in [3.05, 3.63) is 11.9 Å². The zero-order chi connectivity index (χ0) is 15.5. The summed E-state index contributed by atoms with van der Waals surface area (Å²) >= 11 is 0. The average molecular weight is 316 g/mol. The third-order valence-electron chi connectivity index (χ3n) is 3.62. The molecule has 0 saturated carbocycles. The Kier molecular flexibility index (Phi) is 4.96. The van der Waals surface area contributed by atoms with Crippen LogP contribution in [0.5, 0.6) is 11.8 Å². The Balaban J connectivity index is 2.41. The summed E-state index contributed by atoms with van der Waals surface area (Å²) in [7, 11) is -0.315. The van der Waals surface area contributed by atoms with Gasteiger partial charge in [-0.1, -0.05) is 6.42 Å². The van der Waals surface area contributed by atoms with Crippen molar-refractivity contribution in [2.75, 3.05) is 20.0 Å². The lowest BCUT2D eigenvalue weighted by molar-refractivity contribution is 0.345. The van der Waals surface area contributed by atoms with Crippen molar-refractivity contribution in [3.63, 3.8) is 0 Å². The van der Waals surface area contributed by atoms with E-state index in [0.29, 0.717) is 18.5 Å². The molecule has 2 heterocycles. The summed E-state index contributed by atoms with van der Waals surface area (Å²) < 4.78 is 34.7. The topological polar surface area (TPSA) is 116 Å². The number of sulfone groups is 1. The van der Waals surface area contributed by atoms with E-state index in [2.05, 4.69) is 15.4 Å². The first kappa shape index (κ1) is 15.9. The molecule has 1 aromatic heterocycles. The summed E-state index contributed by atoms with van der Waals surface area (Å²) in [6, 6.07) is -0.663. The molecule has 1 fully saturated rings. The van der Waals surface area contributed by atoms with Crippen LogP contribution in [-0.4, -0.2) is 43.6 Å². The Morgan fingerprint density at radius 2 is 2.14 bits per heavy atom. The first-order valence-corrected chi connectivity index (χ1v) is 8.37. The number of ether oxygens (including phenoxy) is 2. The van der Waals surface area contributed by atoms with Crippen LogP contribution in [0.25, 0.3) is 0 Å². The van der Waals surface area contributed by atoms with Crippen molar-refractivity contribution >= 4 is 9.84 Å². The largest absolute Gasteiger partial charge is 0.480 e. The van der Waals surface area contributed by atoms with Crippen molar-refractivity contribution in [3.8, 4) is 11.8 Å². The lowest BCUT2D eigenvalue weighted by Crippen LogP contribution is -2.43. The lowest BCUT2D eigenvalue weighted by atomic mass is 10.0. The summed E-state index contributed by atoms with van der Waals surface area (Å²) in [6.07, 6.45) is 3.47. The van der Waals surface area contributed by atoms with E-state index in [1.165, 1.54) is 20.4 Å². The molecule has 0 aliphatic carbocycles. The number of nitrogens with two attached hydrogens (primary N) is 1. The monoisotopic (exact) mass is 316 g/mol. The van der Waals surface area contributed by atoms with Gasteiger partial charge in [0, 0.05) is 0 Å². The molecule has 118 valence electrons. The first-order chi connectivity index (χ1) is 10.0. The molecule has 1 aliphatic rings. The smallest absolute Gasteiger partial charge is 0.240 e. The van der Waals surface area contributed by atoms with Gasteiger partial charge in [0.25, 0.3) is 0 Å². The average Bonchev–Trinajstić information content (AvgIpc) is 2.49. The van der Waals surface area contributed by atoms with Crippen molar-refractivity contribution < 1.29 is 17.9 Å². The molecule has 0 aromatic carbocycles. The van der Waals surface area contributed by atoms with Crippen LogP contribution in [0.1, 0.15) is 31.0 Å². The highest BCUT2D eigenvalue weighted by Crippen LogP contribution is 2.33. The predicted molar refractivity (Wildman–Crippen MR) is 76.6 cm³/mol. The van der Waals surface area contributed by atoms with E-state index in [-0.39, 0.29) is 17.5 Å². The molecular weight excluding hydrogens is 296 g/mol. The molecule has 1 saturated heterocycles. The molecule has 0 spiro atoms. The molecule has 0 amide bonds. The molecule has 1 aliphatic heterocycles. The van der Waals surface area contributed by atoms with Gasteiger partial charge in [0.15, 0.2) is 9.84 Å². The Labute approximate surface area is 123 Å². The Morgan fingerprint density at radius 1 is 1.38 bits per heavy atom. The van der Waals surface area contributed by atoms with Crippen LogP contribution in [-0.2, 0) is 9.84 Å². The lowest BCUT2D eigenvalue weighted by Gasteiger charge is -2.29. The summed E-state index contributed by atoms with van der Waals surface area (Å²) in [6.45, 7) is 0. The molecule has 2 rings (SSSR count). The van der Waals surface area contributed by atoms with Gasteiger partial charge in [-0.25, -0.2) is 18.8 Å². The van der Waals surface area contributed by atoms with E-state index >= 15 is 0 Å². The van der Waals surface area contributed by atoms with Gasteiger partial charge in [-0.3, -0.25) is 5.84 Å². The van der Waals surface area contributed by atoms with Crippen molar-refractivity contribution in [1.82, 2.24) is 15.4 Å². The second-order valence-electron chi connectivity index (χ2n) is 4.85. The van der Waals surface area contributed by atoms with Crippen LogP contribution < -0.4 is 20.7 Å². The standard InChI is InChI=1S/C12H20N4O4S/c1-19-9-7-14-11(12(15-9)20-2)10(16-13)8-5-3-4-6-21(8,17)18/h7-8,10,16H,3-6,13H2,1-2H3. The molecule has 2 unspecified atom stereocenters. The van der Waals surface area contributed by atoms with E-state index in [4.69, 9.17) is 15.3 Å². The van der Waals surface area contributed by atoms with Gasteiger partial charge < -0.3 is 9.47 Å². The number of nitrogens with one attached hydrogen (secondary N) is 1. The molecule has 9 heteroatoms. The SMILES string of the molecule is COc1cnc(C(NN)C2CCCCS2(=O)=O)c(OC)n1. The summed E-state index contributed by atoms with van der Waals surface area (Å²) in [5, 5.41) is -0.632. The van der Waals surface area contributed by atoms with E-state index in [1.54, 1.807) is 0 Å². The van der Waals surface area contributed by atoms with Crippen LogP contribution in [0, 0.1) is 0 Å². The third-order valence-corrected chi connectivity index (χ3v) is 5.91. The number of methoxy groups -OCH3 is 2. The van der Waals surface area contributed by atoms with E-state index < -0.39 is 21.1 Å². The number of hydrogen-bond acceptors (Lipinski definition) is 8. The number of hydrogen-bond donors (Lipinski definition) is 2. The maximum Gasteiger partial charge on any atom is 0.240 e. The number of nitrogens with zero attached hydrogens (tertiary/aromatic N) is 2. The fourth-order valence-corrected chi connectivity index (χ4v) is 4.60. The van der Waals surface area contributed by atoms with Gasteiger partial charge in [0.05, 0.1) is 37.5 Å². The van der Waals surface area contributed by atoms with Crippen molar-refractivity contribution in [2.45, 2.75) is 30.6 Å². The Bertz CT molecular complexity index is 593. The highest BCUT2D eigenvalue weighted by molar-refractivity contribution is 7.92. The van der Waals surface area contributed by atoms with Crippen LogP contribution >= 0.6 is 0 Å². The molecule has 2 atom stereocenters. The summed E-state index contributed by atoms with van der Waals surface area (Å²) in [5.41, 5.74) is 2.92. The minimum absolute atomic E-state index is 0.168. The molecule has 1 aromatic rings. The quantitative estimate of drug-likeness (QED) is 0.574. The fraction of sp³-hybridized carbons (Fsp3) is 0.667. The Morgan fingerprint density at radius 3 is 2.71 bits per heavy atom. The molecule has 21 heavy (non-hydrogen) atoms. The highest BCUT2D eigenvalue weighted by atomic mass is 32.2. The van der Waals surface area contributed by atoms with Crippen LogP contribution in [0.4, 0.5) is 0 Å². The highest BCUT2D eigenvalue weighted by Gasteiger charge is 2.38.